The van der Waals surface area contributed by atoms with E-state index in [-0.39, 0.29) is 5.82 Å². The van der Waals surface area contributed by atoms with Gasteiger partial charge in [0.2, 0.25) is 0 Å². The summed E-state index contributed by atoms with van der Waals surface area (Å²) in [5.41, 5.74) is 0.982. The number of alkyl halides is 1. The Balaban J connectivity index is 2.18. The average Bonchev–Trinajstić information content (AvgIpc) is 2.18. The monoisotopic (exact) mass is 215 g/mol. The Morgan fingerprint density at radius 1 is 1.29 bits per heavy atom. The van der Waals surface area contributed by atoms with Crippen LogP contribution in [0.1, 0.15) is 18.4 Å². The van der Waals surface area contributed by atoms with Gasteiger partial charge >= 0.3 is 0 Å². The van der Waals surface area contributed by atoms with Crippen LogP contribution in [0.2, 0.25) is 0 Å². The van der Waals surface area contributed by atoms with Crippen molar-refractivity contribution in [1.82, 2.24) is 5.32 Å². The maximum Gasteiger partial charge on any atom is 0.123 e. The lowest BCUT2D eigenvalue weighted by atomic mass is 10.2. The Hall–Kier alpha value is -0.600. The smallest absolute Gasteiger partial charge is 0.123 e. The summed E-state index contributed by atoms with van der Waals surface area (Å²) < 4.78 is 12.8. The molecule has 0 bridgehead atoms. The van der Waals surface area contributed by atoms with Crippen LogP contribution < -0.4 is 5.32 Å². The van der Waals surface area contributed by atoms with E-state index in [2.05, 4.69) is 5.32 Å². The van der Waals surface area contributed by atoms with Crippen molar-refractivity contribution in [1.29, 1.82) is 0 Å². The molecule has 0 atom stereocenters. The first-order valence-corrected chi connectivity index (χ1v) is 5.37. The van der Waals surface area contributed by atoms with E-state index < -0.39 is 0 Å². The van der Waals surface area contributed by atoms with Gasteiger partial charge in [0.25, 0.3) is 0 Å². The van der Waals surface area contributed by atoms with E-state index >= 15 is 0 Å². The van der Waals surface area contributed by atoms with Crippen molar-refractivity contribution in [2.75, 3.05) is 12.4 Å². The molecule has 0 amide bonds. The van der Waals surface area contributed by atoms with Crippen LogP contribution in [-0.4, -0.2) is 12.4 Å². The van der Waals surface area contributed by atoms with Crippen LogP contribution in [0.15, 0.2) is 24.3 Å². The molecule has 0 aliphatic rings. The SMILES string of the molecule is Fc1cccc(CNCCCCCl)c1. The van der Waals surface area contributed by atoms with Gasteiger partial charge in [0, 0.05) is 12.4 Å². The van der Waals surface area contributed by atoms with Crippen LogP contribution in [0.5, 0.6) is 0 Å². The molecule has 1 nitrogen and oxygen atoms in total. The Bertz CT molecular complexity index is 265. The molecule has 3 heteroatoms. The Morgan fingerprint density at radius 2 is 2.14 bits per heavy atom. The van der Waals surface area contributed by atoms with Crippen LogP contribution in [0.3, 0.4) is 0 Å². The molecule has 0 fully saturated rings. The molecule has 0 spiro atoms. The summed E-state index contributed by atoms with van der Waals surface area (Å²) in [6, 6.07) is 6.65. The third-order valence-corrected chi connectivity index (χ3v) is 2.22. The molecule has 0 heterocycles. The standard InChI is InChI=1S/C11H15ClFN/c12-6-1-2-7-14-9-10-4-3-5-11(13)8-10/h3-5,8,14H,1-2,6-7,9H2. The first kappa shape index (κ1) is 11.5. The van der Waals surface area contributed by atoms with Gasteiger partial charge in [-0.1, -0.05) is 12.1 Å². The minimum Gasteiger partial charge on any atom is -0.313 e. The second-order valence-corrected chi connectivity index (χ2v) is 3.58. The molecular weight excluding hydrogens is 201 g/mol. The Labute approximate surface area is 89.3 Å². The maximum absolute atomic E-state index is 12.8. The highest BCUT2D eigenvalue weighted by Gasteiger charge is 1.94. The van der Waals surface area contributed by atoms with Crippen LogP contribution >= 0.6 is 11.6 Å². The fraction of sp³-hybridized carbons (Fsp3) is 0.455. The molecule has 0 unspecified atom stereocenters. The summed E-state index contributed by atoms with van der Waals surface area (Å²) in [6.45, 7) is 1.66. The lowest BCUT2D eigenvalue weighted by Gasteiger charge is -2.03. The van der Waals surface area contributed by atoms with E-state index in [4.69, 9.17) is 11.6 Å². The normalized spacial score (nSPS) is 10.4. The number of nitrogens with one attached hydrogen (secondary N) is 1. The van der Waals surface area contributed by atoms with Crippen molar-refractivity contribution < 1.29 is 4.39 Å². The molecule has 0 aliphatic carbocycles. The van der Waals surface area contributed by atoms with Gasteiger partial charge in [0.15, 0.2) is 0 Å². The predicted octanol–water partition coefficient (Wildman–Crippen LogP) is 2.93. The molecular formula is C11H15ClFN. The zero-order valence-electron chi connectivity index (χ0n) is 8.10. The average molecular weight is 216 g/mol. The van der Waals surface area contributed by atoms with Gasteiger partial charge in [-0.05, 0) is 37.1 Å². The van der Waals surface area contributed by atoms with Gasteiger partial charge < -0.3 is 5.32 Å². The molecule has 0 saturated carbocycles. The van der Waals surface area contributed by atoms with Crippen molar-refractivity contribution in [2.24, 2.45) is 0 Å². The number of rotatable bonds is 6. The van der Waals surface area contributed by atoms with E-state index in [1.54, 1.807) is 12.1 Å². The summed E-state index contributed by atoms with van der Waals surface area (Å²) in [5, 5.41) is 3.24. The number of unbranched alkanes of at least 4 members (excludes halogenated alkanes) is 1. The third kappa shape index (κ3) is 4.58. The molecule has 1 N–H and O–H groups in total. The topological polar surface area (TPSA) is 12.0 Å². The summed E-state index contributed by atoms with van der Waals surface area (Å²) in [4.78, 5) is 0. The van der Waals surface area contributed by atoms with Gasteiger partial charge in [-0.3, -0.25) is 0 Å². The maximum atomic E-state index is 12.8. The van der Waals surface area contributed by atoms with Crippen molar-refractivity contribution >= 4 is 11.6 Å². The van der Waals surface area contributed by atoms with Gasteiger partial charge in [0.1, 0.15) is 5.82 Å². The van der Waals surface area contributed by atoms with E-state index in [1.807, 2.05) is 6.07 Å². The second-order valence-electron chi connectivity index (χ2n) is 3.20. The van der Waals surface area contributed by atoms with Crippen molar-refractivity contribution in [3.05, 3.63) is 35.6 Å². The summed E-state index contributed by atoms with van der Waals surface area (Å²) >= 11 is 5.54. The van der Waals surface area contributed by atoms with E-state index in [0.717, 1.165) is 31.5 Å². The summed E-state index contributed by atoms with van der Waals surface area (Å²) in [6.07, 6.45) is 2.09. The lowest BCUT2D eigenvalue weighted by Crippen LogP contribution is -2.14. The zero-order chi connectivity index (χ0) is 10.2. The van der Waals surface area contributed by atoms with Crippen LogP contribution in [0.25, 0.3) is 0 Å². The lowest BCUT2D eigenvalue weighted by molar-refractivity contribution is 0.614. The van der Waals surface area contributed by atoms with Gasteiger partial charge in [-0.25, -0.2) is 4.39 Å². The minimum atomic E-state index is -0.176. The fourth-order valence-electron chi connectivity index (χ4n) is 1.22. The number of hydrogen-bond donors (Lipinski definition) is 1. The molecule has 14 heavy (non-hydrogen) atoms. The summed E-state index contributed by atoms with van der Waals surface area (Å²) in [7, 11) is 0. The highest BCUT2D eigenvalue weighted by molar-refractivity contribution is 6.17. The van der Waals surface area contributed by atoms with Crippen molar-refractivity contribution in [3.8, 4) is 0 Å². The molecule has 78 valence electrons. The van der Waals surface area contributed by atoms with Crippen molar-refractivity contribution in [2.45, 2.75) is 19.4 Å². The van der Waals surface area contributed by atoms with Crippen LogP contribution in [0, 0.1) is 5.82 Å². The fourth-order valence-corrected chi connectivity index (χ4v) is 1.41. The van der Waals surface area contributed by atoms with Crippen molar-refractivity contribution in [3.63, 3.8) is 0 Å². The molecule has 0 aliphatic heterocycles. The van der Waals surface area contributed by atoms with Gasteiger partial charge in [-0.15, -0.1) is 11.6 Å². The van der Waals surface area contributed by atoms with E-state index in [0.29, 0.717) is 5.88 Å². The zero-order valence-corrected chi connectivity index (χ0v) is 8.86. The third-order valence-electron chi connectivity index (χ3n) is 1.96. The number of hydrogen-bond acceptors (Lipinski definition) is 1. The largest absolute Gasteiger partial charge is 0.313 e. The quantitative estimate of drug-likeness (QED) is 0.569. The predicted molar refractivity (Wildman–Crippen MR) is 58.1 cm³/mol. The molecule has 0 aromatic heterocycles. The molecule has 1 rings (SSSR count). The molecule has 0 radical (unpaired) electrons. The first-order chi connectivity index (χ1) is 6.83. The first-order valence-electron chi connectivity index (χ1n) is 4.84. The van der Waals surface area contributed by atoms with E-state index in [9.17, 15) is 4.39 Å². The molecule has 0 saturated heterocycles. The van der Waals surface area contributed by atoms with Gasteiger partial charge in [0.05, 0.1) is 0 Å². The number of halogens is 2. The van der Waals surface area contributed by atoms with Crippen LogP contribution in [-0.2, 0) is 6.54 Å². The highest BCUT2D eigenvalue weighted by Crippen LogP contribution is 2.02. The highest BCUT2D eigenvalue weighted by atomic mass is 35.5. The molecule has 1 aromatic carbocycles. The second kappa shape index (κ2) is 6.80. The Morgan fingerprint density at radius 3 is 2.86 bits per heavy atom. The van der Waals surface area contributed by atoms with Gasteiger partial charge in [-0.2, -0.15) is 0 Å². The molecule has 1 aromatic rings. The summed E-state index contributed by atoms with van der Waals surface area (Å²) in [5.74, 6) is 0.534. The van der Waals surface area contributed by atoms with Crippen LogP contribution in [0.4, 0.5) is 4.39 Å². The minimum absolute atomic E-state index is 0.176. The Kier molecular flexibility index (Phi) is 5.57. The van der Waals surface area contributed by atoms with E-state index in [1.165, 1.54) is 6.07 Å². The number of benzene rings is 1.